The van der Waals surface area contributed by atoms with Gasteiger partial charge < -0.3 is 9.72 Å². The molecule has 0 fully saturated rings. The van der Waals surface area contributed by atoms with E-state index in [0.717, 1.165) is 34.6 Å². The standard InChI is InChI=1S/C21H23N3O3S2/c1-4-15-13-22-21(28-15)16-12-14-8-7-9-17(20(14)23-16)24(2)29(25,26)19-11-6-5-10-18(19)27-3/h5-12,15,23H,4,13H2,1-3H3. The quantitative estimate of drug-likeness (QED) is 0.635. The molecule has 0 amide bonds. The highest BCUT2D eigenvalue weighted by atomic mass is 32.2. The summed E-state index contributed by atoms with van der Waals surface area (Å²) in [4.78, 5) is 8.18. The van der Waals surface area contributed by atoms with Crippen molar-refractivity contribution >= 4 is 43.4 Å². The number of rotatable bonds is 6. The summed E-state index contributed by atoms with van der Waals surface area (Å²) >= 11 is 1.77. The molecule has 6 nitrogen and oxygen atoms in total. The number of ether oxygens (including phenoxy) is 1. The maximum atomic E-state index is 13.3. The SMILES string of the molecule is CCC1CN=C(c2cc3cccc(N(C)S(=O)(=O)c4ccccc4OC)c3[nH]2)S1. The molecule has 1 N–H and O–H groups in total. The van der Waals surface area contributed by atoms with Crippen molar-refractivity contribution in [2.24, 2.45) is 4.99 Å². The minimum Gasteiger partial charge on any atom is -0.495 e. The zero-order valence-corrected chi connectivity index (χ0v) is 18.2. The van der Waals surface area contributed by atoms with Crippen molar-refractivity contribution in [1.29, 1.82) is 0 Å². The number of benzene rings is 2. The van der Waals surface area contributed by atoms with Crippen LogP contribution in [0.15, 0.2) is 58.4 Å². The zero-order valence-electron chi connectivity index (χ0n) is 16.5. The molecule has 4 rings (SSSR count). The van der Waals surface area contributed by atoms with Crippen molar-refractivity contribution in [3.8, 4) is 5.75 Å². The van der Waals surface area contributed by atoms with Crippen LogP contribution in [0.25, 0.3) is 10.9 Å². The predicted octanol–water partition coefficient (Wildman–Crippen LogP) is 4.27. The Labute approximate surface area is 175 Å². The molecule has 0 radical (unpaired) electrons. The van der Waals surface area contributed by atoms with Crippen LogP contribution in [0.3, 0.4) is 0 Å². The molecule has 2 aromatic carbocycles. The molecule has 29 heavy (non-hydrogen) atoms. The average Bonchev–Trinajstić information content (AvgIpc) is 3.39. The van der Waals surface area contributed by atoms with Crippen LogP contribution < -0.4 is 9.04 Å². The zero-order chi connectivity index (χ0) is 20.6. The lowest BCUT2D eigenvalue weighted by atomic mass is 10.2. The second kappa shape index (κ2) is 7.76. The Balaban J connectivity index is 1.76. The second-order valence-electron chi connectivity index (χ2n) is 6.84. The maximum Gasteiger partial charge on any atom is 0.267 e. The topological polar surface area (TPSA) is 74.8 Å². The highest BCUT2D eigenvalue weighted by molar-refractivity contribution is 8.15. The van der Waals surface area contributed by atoms with E-state index in [1.54, 1.807) is 49.1 Å². The molecular formula is C21H23N3O3S2. The number of nitrogens with one attached hydrogen (secondary N) is 1. The van der Waals surface area contributed by atoms with Crippen molar-refractivity contribution in [3.63, 3.8) is 0 Å². The molecule has 3 aromatic rings. The number of aromatic amines is 1. The van der Waals surface area contributed by atoms with E-state index < -0.39 is 10.0 Å². The molecule has 0 saturated carbocycles. The fraction of sp³-hybridized carbons (Fsp3) is 0.286. The van der Waals surface area contributed by atoms with Crippen molar-refractivity contribution in [3.05, 3.63) is 54.2 Å². The first-order valence-electron chi connectivity index (χ1n) is 9.41. The van der Waals surface area contributed by atoms with Crippen LogP contribution in [0.5, 0.6) is 5.75 Å². The van der Waals surface area contributed by atoms with E-state index in [0.29, 0.717) is 16.7 Å². The third-order valence-electron chi connectivity index (χ3n) is 5.08. The second-order valence-corrected chi connectivity index (χ2v) is 10.1. The molecule has 8 heteroatoms. The van der Waals surface area contributed by atoms with E-state index in [1.807, 2.05) is 18.2 Å². The van der Waals surface area contributed by atoms with Crippen LogP contribution in [0.1, 0.15) is 19.0 Å². The summed E-state index contributed by atoms with van der Waals surface area (Å²) in [6.07, 6.45) is 1.07. The Bertz CT molecular complexity index is 1180. The summed E-state index contributed by atoms with van der Waals surface area (Å²) in [6, 6.07) is 14.3. The first-order chi connectivity index (χ1) is 14.0. The molecule has 1 aromatic heterocycles. The predicted molar refractivity (Wildman–Crippen MR) is 120 cm³/mol. The number of fused-ring (bicyclic) bond motifs is 1. The summed E-state index contributed by atoms with van der Waals surface area (Å²) in [5, 5.41) is 2.43. The van der Waals surface area contributed by atoms with Gasteiger partial charge in [0.25, 0.3) is 10.0 Å². The Morgan fingerprint density at radius 2 is 2.03 bits per heavy atom. The first-order valence-corrected chi connectivity index (χ1v) is 11.7. The summed E-state index contributed by atoms with van der Waals surface area (Å²) in [7, 11) is -0.766. The molecule has 1 aliphatic rings. The van der Waals surface area contributed by atoms with Gasteiger partial charge in [-0.25, -0.2) is 8.42 Å². The van der Waals surface area contributed by atoms with Gasteiger partial charge in [0.15, 0.2) is 0 Å². The first kappa shape index (κ1) is 19.8. The van der Waals surface area contributed by atoms with Crippen LogP contribution in [0.4, 0.5) is 5.69 Å². The number of para-hydroxylation sites is 2. The molecule has 0 saturated heterocycles. The van der Waals surface area contributed by atoms with E-state index >= 15 is 0 Å². The third kappa shape index (κ3) is 3.51. The maximum absolute atomic E-state index is 13.3. The van der Waals surface area contributed by atoms with Crippen molar-refractivity contribution in [1.82, 2.24) is 4.98 Å². The van der Waals surface area contributed by atoms with E-state index in [1.165, 1.54) is 11.4 Å². The molecule has 152 valence electrons. The van der Waals surface area contributed by atoms with Crippen LogP contribution in [-0.4, -0.2) is 44.4 Å². The summed E-state index contributed by atoms with van der Waals surface area (Å²) in [5.41, 5.74) is 2.28. The summed E-state index contributed by atoms with van der Waals surface area (Å²) in [6.45, 7) is 2.98. The Hall–Kier alpha value is -2.45. The highest BCUT2D eigenvalue weighted by Gasteiger charge is 2.27. The molecule has 1 aliphatic heterocycles. The number of hydrogen-bond acceptors (Lipinski definition) is 5. The molecule has 2 heterocycles. The smallest absolute Gasteiger partial charge is 0.267 e. The third-order valence-corrected chi connectivity index (χ3v) is 8.28. The van der Waals surface area contributed by atoms with Gasteiger partial charge in [-0.3, -0.25) is 9.30 Å². The van der Waals surface area contributed by atoms with Crippen molar-refractivity contribution in [2.75, 3.05) is 25.0 Å². The monoisotopic (exact) mass is 429 g/mol. The van der Waals surface area contributed by atoms with Crippen molar-refractivity contribution in [2.45, 2.75) is 23.5 Å². The van der Waals surface area contributed by atoms with Gasteiger partial charge >= 0.3 is 0 Å². The number of aliphatic imine (C=N–C) groups is 1. The van der Waals surface area contributed by atoms with Gasteiger partial charge in [-0.15, -0.1) is 0 Å². The number of anilines is 1. The molecule has 0 spiro atoms. The van der Waals surface area contributed by atoms with Gasteiger partial charge in [-0.05, 0) is 30.7 Å². The number of methoxy groups -OCH3 is 1. The minimum atomic E-state index is -3.80. The number of aromatic nitrogens is 1. The van der Waals surface area contributed by atoms with Gasteiger partial charge in [-0.2, -0.15) is 0 Å². The van der Waals surface area contributed by atoms with E-state index in [2.05, 4.69) is 16.9 Å². The van der Waals surface area contributed by atoms with Gasteiger partial charge in [-0.1, -0.05) is 43.0 Å². The molecule has 0 aliphatic carbocycles. The minimum absolute atomic E-state index is 0.135. The lowest BCUT2D eigenvalue weighted by molar-refractivity contribution is 0.402. The lowest BCUT2D eigenvalue weighted by Gasteiger charge is -2.21. The number of H-pyrrole nitrogens is 1. The van der Waals surface area contributed by atoms with E-state index in [4.69, 9.17) is 4.74 Å². The van der Waals surface area contributed by atoms with Crippen LogP contribution in [-0.2, 0) is 10.0 Å². The van der Waals surface area contributed by atoms with E-state index in [-0.39, 0.29) is 4.90 Å². The van der Waals surface area contributed by atoms with Crippen LogP contribution in [0, 0.1) is 0 Å². The summed E-state index contributed by atoms with van der Waals surface area (Å²) in [5.74, 6) is 0.320. The normalized spacial score (nSPS) is 16.8. The van der Waals surface area contributed by atoms with Gasteiger partial charge in [0.2, 0.25) is 0 Å². The molecular weight excluding hydrogens is 406 g/mol. The number of sulfonamides is 1. The number of hydrogen-bond donors (Lipinski definition) is 1. The highest BCUT2D eigenvalue weighted by Crippen LogP contribution is 2.35. The van der Waals surface area contributed by atoms with Crippen LogP contribution in [0.2, 0.25) is 0 Å². The van der Waals surface area contributed by atoms with Gasteiger partial charge in [0.1, 0.15) is 15.7 Å². The molecule has 1 atom stereocenters. The van der Waals surface area contributed by atoms with E-state index in [9.17, 15) is 8.42 Å². The summed E-state index contributed by atoms with van der Waals surface area (Å²) < 4.78 is 33.2. The average molecular weight is 430 g/mol. The fourth-order valence-corrected chi connectivity index (χ4v) is 5.78. The molecule has 0 bridgehead atoms. The van der Waals surface area contributed by atoms with Crippen molar-refractivity contribution < 1.29 is 13.2 Å². The molecule has 1 unspecified atom stereocenters. The van der Waals surface area contributed by atoms with Gasteiger partial charge in [0, 0.05) is 17.7 Å². The Morgan fingerprint density at radius 3 is 2.76 bits per heavy atom. The lowest BCUT2D eigenvalue weighted by Crippen LogP contribution is -2.27. The number of thioether (sulfide) groups is 1. The van der Waals surface area contributed by atoms with Crippen LogP contribution >= 0.6 is 11.8 Å². The van der Waals surface area contributed by atoms with Gasteiger partial charge in [0.05, 0.1) is 30.6 Å². The largest absolute Gasteiger partial charge is 0.495 e. The Morgan fingerprint density at radius 1 is 1.24 bits per heavy atom. The number of nitrogens with zero attached hydrogens (tertiary/aromatic N) is 2. The fourth-order valence-electron chi connectivity index (χ4n) is 3.40. The Kier molecular flexibility index (Phi) is 5.31.